The molecule has 1 aliphatic heterocycles. The van der Waals surface area contributed by atoms with E-state index in [1.807, 2.05) is 45.9 Å². The fourth-order valence-corrected chi connectivity index (χ4v) is 3.52. The summed E-state index contributed by atoms with van der Waals surface area (Å²) in [6, 6.07) is 8.42. The Morgan fingerprint density at radius 3 is 2.41 bits per heavy atom. The Kier molecular flexibility index (Phi) is 4.99. The molecule has 0 unspecified atom stereocenters. The van der Waals surface area contributed by atoms with E-state index >= 15 is 0 Å². The second kappa shape index (κ2) is 7.23. The van der Waals surface area contributed by atoms with Crippen molar-refractivity contribution in [1.29, 1.82) is 0 Å². The lowest BCUT2D eigenvalue weighted by Crippen LogP contribution is -2.54. The number of amides is 4. The van der Waals surface area contributed by atoms with Crippen LogP contribution in [0.15, 0.2) is 35.9 Å². The minimum Gasteiger partial charge on any atom is -0.349 e. The van der Waals surface area contributed by atoms with E-state index < -0.39 is 17.8 Å². The molecule has 4 amide bonds. The Morgan fingerprint density at radius 1 is 1.07 bits per heavy atom. The first kappa shape index (κ1) is 18.6. The van der Waals surface area contributed by atoms with Gasteiger partial charge in [-0.3, -0.25) is 14.9 Å². The van der Waals surface area contributed by atoms with Gasteiger partial charge in [-0.1, -0.05) is 25.1 Å². The number of benzene rings is 1. The van der Waals surface area contributed by atoms with Gasteiger partial charge in [0, 0.05) is 17.9 Å². The van der Waals surface area contributed by atoms with Crippen LogP contribution < -0.4 is 10.2 Å². The van der Waals surface area contributed by atoms with Crippen LogP contribution in [0.3, 0.4) is 0 Å². The van der Waals surface area contributed by atoms with Gasteiger partial charge in [0.05, 0.1) is 5.69 Å². The van der Waals surface area contributed by atoms with Gasteiger partial charge in [0.25, 0.3) is 11.8 Å². The zero-order valence-electron chi connectivity index (χ0n) is 16.0. The first-order valence-corrected chi connectivity index (χ1v) is 9.05. The molecule has 1 N–H and O–H groups in total. The van der Waals surface area contributed by atoms with Crippen molar-refractivity contribution in [2.24, 2.45) is 0 Å². The van der Waals surface area contributed by atoms with Gasteiger partial charge in [0.2, 0.25) is 0 Å². The van der Waals surface area contributed by atoms with Crippen molar-refractivity contribution in [1.82, 2.24) is 9.88 Å². The molecule has 0 bridgehead atoms. The van der Waals surface area contributed by atoms with Gasteiger partial charge >= 0.3 is 6.03 Å². The summed E-state index contributed by atoms with van der Waals surface area (Å²) in [4.78, 5) is 38.9. The van der Waals surface area contributed by atoms with E-state index in [9.17, 15) is 14.4 Å². The van der Waals surface area contributed by atoms with Crippen LogP contribution in [0.1, 0.15) is 36.4 Å². The number of anilines is 1. The summed E-state index contributed by atoms with van der Waals surface area (Å²) in [5.74, 6) is -1.28. The third-order valence-electron chi connectivity index (χ3n) is 4.94. The van der Waals surface area contributed by atoms with Gasteiger partial charge in [0.15, 0.2) is 0 Å². The summed E-state index contributed by atoms with van der Waals surface area (Å²) >= 11 is 0. The Labute approximate surface area is 158 Å². The van der Waals surface area contributed by atoms with Crippen LogP contribution in [0.2, 0.25) is 0 Å². The second-order valence-electron chi connectivity index (χ2n) is 6.51. The predicted octanol–water partition coefficient (Wildman–Crippen LogP) is 3.35. The van der Waals surface area contributed by atoms with E-state index in [-0.39, 0.29) is 5.57 Å². The summed E-state index contributed by atoms with van der Waals surface area (Å²) in [6.45, 7) is 8.72. The van der Waals surface area contributed by atoms with Crippen LogP contribution in [0.5, 0.6) is 0 Å². The molecule has 1 aromatic heterocycles. The van der Waals surface area contributed by atoms with Gasteiger partial charge in [-0.25, -0.2) is 9.69 Å². The molecule has 2 aromatic rings. The molecular weight excluding hydrogens is 342 g/mol. The number of nitrogens with zero attached hydrogens (tertiary/aromatic N) is 2. The summed E-state index contributed by atoms with van der Waals surface area (Å²) in [7, 11) is 0. The standard InChI is InChI=1S/C21H23N3O3/c1-5-15-9-7-8-10-18(15)24-20(26)17(19(25)22-21(24)27)12-16-11-13(3)23(6-2)14(16)4/h7-12H,5-6H2,1-4H3,(H,22,25,27)/b17-12+. The van der Waals surface area contributed by atoms with Crippen LogP contribution in [-0.4, -0.2) is 22.4 Å². The molecule has 0 atom stereocenters. The monoisotopic (exact) mass is 365 g/mol. The third-order valence-corrected chi connectivity index (χ3v) is 4.94. The van der Waals surface area contributed by atoms with Gasteiger partial charge in [-0.05, 0) is 56.5 Å². The lowest BCUT2D eigenvalue weighted by molar-refractivity contribution is -0.122. The predicted molar refractivity (Wildman–Crippen MR) is 104 cm³/mol. The number of barbiturate groups is 1. The largest absolute Gasteiger partial charge is 0.349 e. The lowest BCUT2D eigenvalue weighted by Gasteiger charge is -2.27. The molecule has 2 heterocycles. The minimum atomic E-state index is -0.720. The van der Waals surface area contributed by atoms with Crippen molar-refractivity contribution in [3.05, 3.63) is 58.4 Å². The number of imide groups is 2. The molecule has 0 spiro atoms. The Balaban J connectivity index is 2.08. The van der Waals surface area contributed by atoms with E-state index in [0.717, 1.165) is 34.0 Å². The highest BCUT2D eigenvalue weighted by Gasteiger charge is 2.37. The topological polar surface area (TPSA) is 71.4 Å². The van der Waals surface area contributed by atoms with Gasteiger partial charge in [-0.2, -0.15) is 0 Å². The molecule has 3 rings (SSSR count). The Bertz CT molecular complexity index is 969. The summed E-state index contributed by atoms with van der Waals surface area (Å²) < 4.78 is 2.10. The average Bonchev–Trinajstić information content (AvgIpc) is 2.91. The quantitative estimate of drug-likeness (QED) is 0.667. The molecule has 6 heteroatoms. The highest BCUT2D eigenvalue weighted by molar-refractivity contribution is 6.39. The molecule has 1 aromatic carbocycles. The van der Waals surface area contributed by atoms with Crippen LogP contribution >= 0.6 is 0 Å². The van der Waals surface area contributed by atoms with Gasteiger partial charge in [-0.15, -0.1) is 0 Å². The smallest absolute Gasteiger partial charge is 0.335 e. The SMILES string of the molecule is CCc1ccccc1N1C(=O)NC(=O)/C(=C\c2cc(C)n(CC)c2C)C1=O. The highest BCUT2D eigenvalue weighted by atomic mass is 16.2. The Hall–Kier alpha value is -3.15. The number of para-hydroxylation sites is 1. The fourth-order valence-electron chi connectivity index (χ4n) is 3.52. The summed E-state index contributed by atoms with van der Waals surface area (Å²) in [5.41, 5.74) is 4.14. The first-order chi connectivity index (χ1) is 12.9. The van der Waals surface area contributed by atoms with Crippen LogP contribution in [0.4, 0.5) is 10.5 Å². The number of carbonyl (C=O) groups is 3. The van der Waals surface area contributed by atoms with Crippen molar-refractivity contribution in [2.45, 2.75) is 40.7 Å². The normalized spacial score (nSPS) is 16.2. The molecule has 1 saturated heterocycles. The summed E-state index contributed by atoms with van der Waals surface area (Å²) in [5, 5.41) is 2.29. The number of urea groups is 1. The minimum absolute atomic E-state index is 0.0446. The molecule has 1 aliphatic rings. The number of aryl methyl sites for hydroxylation is 2. The van der Waals surface area contributed by atoms with Crippen molar-refractivity contribution >= 4 is 29.6 Å². The zero-order valence-corrected chi connectivity index (χ0v) is 16.0. The maximum absolute atomic E-state index is 13.1. The van der Waals surface area contributed by atoms with Crippen molar-refractivity contribution in [3.8, 4) is 0 Å². The van der Waals surface area contributed by atoms with Crippen LogP contribution in [0, 0.1) is 13.8 Å². The number of carbonyl (C=O) groups excluding carboxylic acids is 3. The fraction of sp³-hybridized carbons (Fsp3) is 0.286. The van der Waals surface area contributed by atoms with Gasteiger partial charge in [0.1, 0.15) is 5.57 Å². The molecule has 0 radical (unpaired) electrons. The lowest BCUT2D eigenvalue weighted by atomic mass is 10.0. The molecule has 140 valence electrons. The first-order valence-electron chi connectivity index (χ1n) is 9.05. The average molecular weight is 365 g/mol. The van der Waals surface area contributed by atoms with Crippen molar-refractivity contribution in [3.63, 3.8) is 0 Å². The molecule has 6 nitrogen and oxygen atoms in total. The number of hydrogen-bond donors (Lipinski definition) is 1. The van der Waals surface area contributed by atoms with E-state index in [2.05, 4.69) is 9.88 Å². The number of rotatable bonds is 4. The third kappa shape index (κ3) is 3.18. The maximum Gasteiger partial charge on any atom is 0.335 e. The van der Waals surface area contributed by atoms with Crippen LogP contribution in [0.25, 0.3) is 6.08 Å². The van der Waals surface area contributed by atoms with Crippen LogP contribution in [-0.2, 0) is 22.6 Å². The van der Waals surface area contributed by atoms with E-state index in [1.165, 1.54) is 0 Å². The Morgan fingerprint density at radius 2 is 1.78 bits per heavy atom. The maximum atomic E-state index is 13.1. The molecule has 1 fully saturated rings. The van der Waals surface area contributed by atoms with E-state index in [4.69, 9.17) is 0 Å². The van der Waals surface area contributed by atoms with E-state index in [0.29, 0.717) is 12.1 Å². The molecular formula is C21H23N3O3. The van der Waals surface area contributed by atoms with Crippen molar-refractivity contribution < 1.29 is 14.4 Å². The number of nitrogens with one attached hydrogen (secondary N) is 1. The number of aromatic nitrogens is 1. The zero-order chi connectivity index (χ0) is 19.7. The summed E-state index contributed by atoms with van der Waals surface area (Å²) in [6.07, 6.45) is 2.23. The molecule has 0 aliphatic carbocycles. The number of hydrogen-bond acceptors (Lipinski definition) is 3. The van der Waals surface area contributed by atoms with E-state index in [1.54, 1.807) is 18.2 Å². The van der Waals surface area contributed by atoms with Crippen molar-refractivity contribution in [2.75, 3.05) is 4.90 Å². The van der Waals surface area contributed by atoms with Gasteiger partial charge < -0.3 is 4.57 Å². The second-order valence-corrected chi connectivity index (χ2v) is 6.51. The highest BCUT2D eigenvalue weighted by Crippen LogP contribution is 2.27. The molecule has 0 saturated carbocycles. The molecule has 27 heavy (non-hydrogen) atoms.